The molecule has 6 aliphatic carbocycles. The van der Waals surface area contributed by atoms with E-state index in [1.54, 1.807) is 25.3 Å². The minimum Gasteiger partial charge on any atom is -0.497 e. The maximum atomic E-state index is 8.19. The smallest absolute Gasteiger partial charge is 0.178 e. The predicted molar refractivity (Wildman–Crippen MR) is 272 cm³/mol. The first kappa shape index (κ1) is 42.8. The number of hydrogen-bond acceptors (Lipinski definition) is 3. The molecular weight excluding hydrogens is 805 g/mol. The Balaban J connectivity index is 1.22. The van der Waals surface area contributed by atoms with E-state index in [0.29, 0.717) is 0 Å². The summed E-state index contributed by atoms with van der Waals surface area (Å²) in [4.78, 5) is 0. The number of fused-ring (bicyclic) bond motifs is 14. The van der Waals surface area contributed by atoms with Gasteiger partial charge >= 0.3 is 0 Å². The van der Waals surface area contributed by atoms with Gasteiger partial charge in [-0.3, -0.25) is 0 Å². The van der Waals surface area contributed by atoms with Crippen LogP contribution >= 0.6 is 0 Å². The van der Waals surface area contributed by atoms with Gasteiger partial charge < -0.3 is 14.2 Å². The molecule has 5 unspecified atom stereocenters. The van der Waals surface area contributed by atoms with Crippen molar-refractivity contribution in [1.82, 2.24) is 0 Å². The fraction of sp³-hybridized carbons (Fsp3) is 0.524. The Bertz CT molecular complexity index is 2680. The first-order chi connectivity index (χ1) is 31.6. The SMILES string of the molecule is COc1ccc(C2(c3ccc(OC)cc3)C=Cc3c4c(c5cc(C67CC(C)CC(CC(C)C6)C7)c(C67CCC(CC(C)C6)C7)cc5c3O2)-c2ccccc2C42CC(C)(C)CC(C)(C)C2)cc1. The topological polar surface area (TPSA) is 27.7 Å². The molecule has 1 aliphatic heterocycles. The summed E-state index contributed by atoms with van der Waals surface area (Å²) < 4.78 is 19.7. The Morgan fingerprint density at radius 3 is 1.74 bits per heavy atom. The van der Waals surface area contributed by atoms with Crippen LogP contribution in [0, 0.1) is 40.4 Å². The Morgan fingerprint density at radius 2 is 1.12 bits per heavy atom. The van der Waals surface area contributed by atoms with Gasteiger partial charge in [0, 0.05) is 27.5 Å². The van der Waals surface area contributed by atoms with Crippen molar-refractivity contribution >= 4 is 16.8 Å². The minimum atomic E-state index is -0.880. The van der Waals surface area contributed by atoms with Crippen LogP contribution in [0.2, 0.25) is 0 Å². The van der Waals surface area contributed by atoms with Crippen LogP contribution in [-0.4, -0.2) is 14.2 Å². The third-order valence-electron chi connectivity index (χ3n) is 18.9. The largest absolute Gasteiger partial charge is 0.497 e. The average molecular weight is 879 g/mol. The van der Waals surface area contributed by atoms with E-state index in [1.165, 1.54) is 109 Å². The highest BCUT2D eigenvalue weighted by Crippen LogP contribution is 2.68. The van der Waals surface area contributed by atoms with E-state index in [9.17, 15) is 0 Å². The second kappa shape index (κ2) is 14.8. The molecule has 0 N–H and O–H groups in total. The zero-order valence-corrected chi connectivity index (χ0v) is 41.5. The van der Waals surface area contributed by atoms with Gasteiger partial charge in [-0.25, -0.2) is 0 Å². The zero-order valence-electron chi connectivity index (χ0n) is 41.5. The molecule has 1 heterocycles. The van der Waals surface area contributed by atoms with E-state index in [1.807, 2.05) is 0 Å². The molecule has 5 aromatic carbocycles. The van der Waals surface area contributed by atoms with Gasteiger partial charge in [-0.1, -0.05) is 103 Å². The van der Waals surface area contributed by atoms with E-state index in [0.717, 1.165) is 70.8 Å². The summed E-state index contributed by atoms with van der Waals surface area (Å²) in [6.07, 6.45) is 21.8. The van der Waals surface area contributed by atoms with Gasteiger partial charge in [0.05, 0.1) is 14.2 Å². The maximum absolute atomic E-state index is 8.19. The van der Waals surface area contributed by atoms with E-state index in [2.05, 4.69) is 146 Å². The fourth-order valence-electron chi connectivity index (χ4n) is 18.1. The van der Waals surface area contributed by atoms with Crippen LogP contribution < -0.4 is 14.2 Å². The summed E-state index contributed by atoms with van der Waals surface area (Å²) in [6.45, 7) is 17.9. The highest BCUT2D eigenvalue weighted by Gasteiger charge is 2.57. The second-order valence-corrected chi connectivity index (χ2v) is 25.4. The van der Waals surface area contributed by atoms with Gasteiger partial charge in [0.2, 0.25) is 0 Å². The molecule has 5 fully saturated rings. The summed E-state index contributed by atoms with van der Waals surface area (Å²) in [5, 5.41) is 2.75. The first-order valence-electron chi connectivity index (χ1n) is 26.0. The van der Waals surface area contributed by atoms with Gasteiger partial charge in [0.1, 0.15) is 17.2 Å². The van der Waals surface area contributed by atoms with Gasteiger partial charge in [-0.2, -0.15) is 0 Å². The molecule has 0 amide bonds. The molecule has 12 rings (SSSR count). The zero-order chi connectivity index (χ0) is 45.6. The molecule has 344 valence electrons. The first-order valence-corrected chi connectivity index (χ1v) is 26.0. The van der Waals surface area contributed by atoms with Gasteiger partial charge in [0.15, 0.2) is 5.60 Å². The van der Waals surface area contributed by atoms with Crippen molar-refractivity contribution in [3.05, 3.63) is 130 Å². The number of benzene rings is 5. The molecule has 5 atom stereocenters. The van der Waals surface area contributed by atoms with Crippen LogP contribution in [0.25, 0.3) is 28.0 Å². The third-order valence-corrected chi connectivity index (χ3v) is 18.9. The second-order valence-electron chi connectivity index (χ2n) is 25.4. The van der Waals surface area contributed by atoms with Gasteiger partial charge in [-0.05, 0) is 216 Å². The van der Waals surface area contributed by atoms with Crippen LogP contribution in [-0.2, 0) is 21.8 Å². The van der Waals surface area contributed by atoms with E-state index in [4.69, 9.17) is 14.2 Å². The molecule has 5 saturated carbocycles. The molecule has 3 nitrogen and oxygen atoms in total. The van der Waals surface area contributed by atoms with Crippen LogP contribution in [0.5, 0.6) is 17.2 Å². The number of rotatable bonds is 6. The van der Waals surface area contributed by atoms with Crippen molar-refractivity contribution in [2.45, 2.75) is 154 Å². The number of ether oxygens (including phenoxy) is 3. The van der Waals surface area contributed by atoms with Crippen molar-refractivity contribution < 1.29 is 14.2 Å². The normalized spacial score (nSPS) is 31.4. The molecule has 7 aliphatic rings. The van der Waals surface area contributed by atoms with Crippen molar-refractivity contribution in [3.8, 4) is 28.4 Å². The Hall–Kier alpha value is -4.50. The molecular formula is C63H74O3. The lowest BCUT2D eigenvalue weighted by Gasteiger charge is -2.53. The lowest BCUT2D eigenvalue weighted by atomic mass is 9.51. The quantitative estimate of drug-likeness (QED) is 0.170. The standard InChI is InChI=1S/C63H74O3/c1-39-26-42-22-24-60(31-39,34-42)53-30-51-50(29-54(53)61-32-40(2)27-43(35-61)28-41(3)33-61)55-48-12-10-11-13-52(48)62(37-58(4,5)36-59(6,7)38-62)56(55)49-23-25-63(66-57(49)51,44-14-18-46(64-8)19-15-44)45-16-20-47(65-9)21-17-45/h10-21,23,25,29-30,39-43H,22,24,26-28,31-38H2,1-9H3. The third kappa shape index (κ3) is 6.39. The summed E-state index contributed by atoms with van der Waals surface area (Å²) in [6, 6.07) is 32.6. The molecule has 5 aromatic rings. The summed E-state index contributed by atoms with van der Waals surface area (Å²) >= 11 is 0. The molecule has 1 spiro atoms. The number of hydrogen-bond donors (Lipinski definition) is 0. The van der Waals surface area contributed by atoms with Crippen LogP contribution in [0.3, 0.4) is 0 Å². The van der Waals surface area contributed by atoms with Crippen molar-refractivity contribution in [3.63, 3.8) is 0 Å². The van der Waals surface area contributed by atoms with Gasteiger partial charge in [0.25, 0.3) is 0 Å². The predicted octanol–water partition coefficient (Wildman–Crippen LogP) is 16.3. The summed E-state index contributed by atoms with van der Waals surface area (Å²) in [5.74, 6) is 6.63. The number of methoxy groups -OCH3 is 2. The van der Waals surface area contributed by atoms with Gasteiger partial charge in [-0.15, -0.1) is 0 Å². The summed E-state index contributed by atoms with van der Waals surface area (Å²) in [7, 11) is 3.51. The molecule has 0 saturated heterocycles. The highest BCUT2D eigenvalue weighted by atomic mass is 16.5. The van der Waals surface area contributed by atoms with Crippen molar-refractivity contribution in [2.75, 3.05) is 14.2 Å². The van der Waals surface area contributed by atoms with E-state index < -0.39 is 5.60 Å². The van der Waals surface area contributed by atoms with E-state index >= 15 is 0 Å². The van der Waals surface area contributed by atoms with Crippen LogP contribution in [0.15, 0.2) is 91.0 Å². The van der Waals surface area contributed by atoms with Crippen molar-refractivity contribution in [1.29, 1.82) is 0 Å². The molecule has 66 heavy (non-hydrogen) atoms. The highest BCUT2D eigenvalue weighted by molar-refractivity contribution is 6.09. The molecule has 4 bridgehead atoms. The lowest BCUT2D eigenvalue weighted by molar-refractivity contribution is 0.0642. The Labute approximate surface area is 396 Å². The van der Waals surface area contributed by atoms with Crippen molar-refractivity contribution in [2.24, 2.45) is 40.4 Å². The lowest BCUT2D eigenvalue weighted by Crippen LogP contribution is -2.45. The fourth-order valence-corrected chi connectivity index (χ4v) is 18.1. The molecule has 3 heteroatoms. The minimum absolute atomic E-state index is 0.152. The van der Waals surface area contributed by atoms with E-state index in [-0.39, 0.29) is 27.1 Å². The molecule has 0 radical (unpaired) electrons. The Morgan fingerprint density at radius 1 is 0.576 bits per heavy atom. The monoisotopic (exact) mass is 879 g/mol. The van der Waals surface area contributed by atoms with Crippen LogP contribution in [0.4, 0.5) is 0 Å². The Kier molecular flexibility index (Phi) is 9.57. The van der Waals surface area contributed by atoms with Crippen LogP contribution in [0.1, 0.15) is 171 Å². The average Bonchev–Trinajstić information content (AvgIpc) is 3.74. The molecule has 0 aromatic heterocycles. The maximum Gasteiger partial charge on any atom is 0.178 e. The summed E-state index contributed by atoms with van der Waals surface area (Å²) in [5.41, 5.74) is 12.6.